The highest BCUT2D eigenvalue weighted by molar-refractivity contribution is 14.0. The summed E-state index contributed by atoms with van der Waals surface area (Å²) in [7, 11) is -3.30. The van der Waals surface area contributed by atoms with Crippen LogP contribution in [0.2, 0.25) is 0 Å². The number of nitrogens with one attached hydrogen (secondary N) is 2. The first-order chi connectivity index (χ1) is 12.3. The zero-order valence-electron chi connectivity index (χ0n) is 16.7. The predicted molar refractivity (Wildman–Crippen MR) is 123 cm³/mol. The van der Waals surface area contributed by atoms with Gasteiger partial charge in [-0.15, -0.1) is 24.0 Å². The van der Waals surface area contributed by atoms with E-state index in [0.717, 1.165) is 19.6 Å². The largest absolute Gasteiger partial charge is 0.357 e. The van der Waals surface area contributed by atoms with E-state index in [1.165, 1.54) is 0 Å². The third kappa shape index (κ3) is 7.23. The summed E-state index contributed by atoms with van der Waals surface area (Å²) in [5.41, 5.74) is 0. The minimum absolute atomic E-state index is 0. The van der Waals surface area contributed by atoms with Crippen LogP contribution < -0.4 is 10.6 Å². The lowest BCUT2D eigenvalue weighted by Crippen LogP contribution is -2.47. The average Bonchev–Trinajstić information content (AvgIpc) is 2.97. The molecular formula is C19H33IN4O2S. The highest BCUT2D eigenvalue weighted by atomic mass is 127. The van der Waals surface area contributed by atoms with Gasteiger partial charge in [-0.05, 0) is 38.8 Å². The second kappa shape index (κ2) is 11.2. The van der Waals surface area contributed by atoms with Crippen molar-refractivity contribution in [2.45, 2.75) is 44.7 Å². The molecule has 2 atom stereocenters. The Labute approximate surface area is 181 Å². The Bertz CT molecular complexity index is 695. The molecule has 1 heterocycles. The first-order valence-corrected chi connectivity index (χ1v) is 11.1. The number of likely N-dealkylation sites (tertiary alicyclic amines) is 1. The third-order valence-corrected chi connectivity index (χ3v) is 6.48. The number of benzene rings is 1. The fourth-order valence-corrected chi connectivity index (χ4v) is 4.27. The van der Waals surface area contributed by atoms with Gasteiger partial charge in [-0.1, -0.05) is 25.1 Å². The normalized spacial score (nSPS) is 21.1. The van der Waals surface area contributed by atoms with Crippen LogP contribution in [0.4, 0.5) is 0 Å². The summed E-state index contributed by atoms with van der Waals surface area (Å²) in [6, 6.07) is 9.40. The van der Waals surface area contributed by atoms with Crippen molar-refractivity contribution in [3.8, 4) is 0 Å². The SMILES string of the molecule is CCNC(=NCCS(=O)(=O)c1ccccc1)NC1CN(C(C)C)CC1C.I. The van der Waals surface area contributed by atoms with Crippen LogP contribution in [0.3, 0.4) is 0 Å². The van der Waals surface area contributed by atoms with E-state index >= 15 is 0 Å². The molecule has 0 amide bonds. The highest BCUT2D eigenvalue weighted by Gasteiger charge is 2.31. The van der Waals surface area contributed by atoms with Gasteiger partial charge in [0.2, 0.25) is 0 Å². The van der Waals surface area contributed by atoms with E-state index < -0.39 is 9.84 Å². The van der Waals surface area contributed by atoms with Crippen molar-refractivity contribution in [2.24, 2.45) is 10.9 Å². The highest BCUT2D eigenvalue weighted by Crippen LogP contribution is 2.18. The summed E-state index contributed by atoms with van der Waals surface area (Å²) < 4.78 is 24.7. The number of halogens is 1. The van der Waals surface area contributed by atoms with Gasteiger partial charge in [0.1, 0.15) is 0 Å². The molecule has 1 aliphatic heterocycles. The molecule has 154 valence electrons. The summed E-state index contributed by atoms with van der Waals surface area (Å²) in [6.07, 6.45) is 0. The molecule has 1 aromatic rings. The van der Waals surface area contributed by atoms with Crippen LogP contribution in [-0.2, 0) is 9.84 Å². The third-order valence-electron chi connectivity index (χ3n) is 4.77. The van der Waals surface area contributed by atoms with Gasteiger partial charge in [0.15, 0.2) is 15.8 Å². The van der Waals surface area contributed by atoms with Crippen LogP contribution in [0, 0.1) is 5.92 Å². The molecule has 27 heavy (non-hydrogen) atoms. The van der Waals surface area contributed by atoms with Gasteiger partial charge in [0.25, 0.3) is 0 Å². The summed E-state index contributed by atoms with van der Waals surface area (Å²) in [5.74, 6) is 1.22. The van der Waals surface area contributed by atoms with Crippen molar-refractivity contribution < 1.29 is 8.42 Å². The summed E-state index contributed by atoms with van der Waals surface area (Å²) in [6.45, 7) is 11.7. The first-order valence-electron chi connectivity index (χ1n) is 9.40. The minimum atomic E-state index is -3.30. The quantitative estimate of drug-likeness (QED) is 0.336. The summed E-state index contributed by atoms with van der Waals surface area (Å²) in [4.78, 5) is 7.29. The van der Waals surface area contributed by atoms with Crippen LogP contribution in [0.5, 0.6) is 0 Å². The molecule has 0 radical (unpaired) electrons. The van der Waals surface area contributed by atoms with Crippen molar-refractivity contribution in [3.05, 3.63) is 30.3 Å². The van der Waals surface area contributed by atoms with Crippen LogP contribution in [-0.4, -0.2) is 63.3 Å². The molecule has 0 aliphatic carbocycles. The van der Waals surface area contributed by atoms with E-state index in [4.69, 9.17) is 0 Å². The number of guanidine groups is 1. The standard InChI is InChI=1S/C19H32N4O2S.HI/c1-5-20-19(22-18-14-23(15(2)3)13-16(18)4)21-11-12-26(24,25)17-9-7-6-8-10-17;/h6-10,15-16,18H,5,11-14H2,1-4H3,(H2,20,21,22);1H. The molecule has 0 saturated carbocycles. The number of sulfone groups is 1. The topological polar surface area (TPSA) is 73.8 Å². The van der Waals surface area contributed by atoms with Gasteiger partial charge >= 0.3 is 0 Å². The van der Waals surface area contributed by atoms with E-state index in [9.17, 15) is 8.42 Å². The molecule has 1 aromatic carbocycles. The molecule has 0 spiro atoms. The van der Waals surface area contributed by atoms with Gasteiger partial charge in [-0.3, -0.25) is 9.89 Å². The van der Waals surface area contributed by atoms with Crippen molar-refractivity contribution in [1.82, 2.24) is 15.5 Å². The molecule has 2 unspecified atom stereocenters. The van der Waals surface area contributed by atoms with E-state index in [1.54, 1.807) is 24.3 Å². The fraction of sp³-hybridized carbons (Fsp3) is 0.632. The van der Waals surface area contributed by atoms with Gasteiger partial charge in [-0.2, -0.15) is 0 Å². The molecule has 2 rings (SSSR count). The molecule has 1 fully saturated rings. The predicted octanol–water partition coefficient (Wildman–Crippen LogP) is 2.36. The molecule has 8 heteroatoms. The monoisotopic (exact) mass is 508 g/mol. The zero-order valence-corrected chi connectivity index (χ0v) is 19.8. The summed E-state index contributed by atoms with van der Waals surface area (Å²) in [5, 5.41) is 6.71. The fourth-order valence-electron chi connectivity index (χ4n) is 3.13. The van der Waals surface area contributed by atoms with Crippen molar-refractivity contribution in [1.29, 1.82) is 0 Å². The Morgan fingerprint density at radius 1 is 1.26 bits per heavy atom. The Morgan fingerprint density at radius 3 is 2.48 bits per heavy atom. The van der Waals surface area contributed by atoms with Crippen LogP contribution >= 0.6 is 24.0 Å². The van der Waals surface area contributed by atoms with E-state index in [-0.39, 0.29) is 36.3 Å². The first kappa shape index (κ1) is 24.2. The lowest BCUT2D eigenvalue weighted by Gasteiger charge is -2.21. The molecule has 2 N–H and O–H groups in total. The van der Waals surface area contributed by atoms with Crippen LogP contribution in [0.25, 0.3) is 0 Å². The van der Waals surface area contributed by atoms with E-state index in [0.29, 0.717) is 28.9 Å². The smallest absolute Gasteiger partial charge is 0.191 e. The van der Waals surface area contributed by atoms with Crippen molar-refractivity contribution in [3.63, 3.8) is 0 Å². The maximum absolute atomic E-state index is 12.4. The van der Waals surface area contributed by atoms with Gasteiger partial charge < -0.3 is 10.6 Å². The van der Waals surface area contributed by atoms with Gasteiger partial charge in [0.05, 0.1) is 17.2 Å². The van der Waals surface area contributed by atoms with E-state index in [2.05, 4.69) is 41.3 Å². The van der Waals surface area contributed by atoms with Crippen LogP contribution in [0.15, 0.2) is 40.2 Å². The van der Waals surface area contributed by atoms with Crippen LogP contribution in [0.1, 0.15) is 27.7 Å². The van der Waals surface area contributed by atoms with Gasteiger partial charge in [-0.25, -0.2) is 8.42 Å². The maximum atomic E-state index is 12.4. The van der Waals surface area contributed by atoms with E-state index in [1.807, 2.05) is 13.0 Å². The number of aliphatic imine (C=N–C) groups is 1. The Hall–Kier alpha value is -0.870. The Balaban J connectivity index is 0.00000364. The zero-order chi connectivity index (χ0) is 19.2. The molecule has 0 aromatic heterocycles. The Morgan fingerprint density at radius 2 is 1.93 bits per heavy atom. The second-order valence-corrected chi connectivity index (χ2v) is 9.28. The minimum Gasteiger partial charge on any atom is -0.357 e. The maximum Gasteiger partial charge on any atom is 0.191 e. The number of hydrogen-bond donors (Lipinski definition) is 2. The molecule has 6 nitrogen and oxygen atoms in total. The molecular weight excluding hydrogens is 475 g/mol. The summed E-state index contributed by atoms with van der Waals surface area (Å²) >= 11 is 0. The van der Waals surface area contributed by atoms with Crippen molar-refractivity contribution >= 4 is 39.8 Å². The average molecular weight is 508 g/mol. The molecule has 1 saturated heterocycles. The number of hydrogen-bond acceptors (Lipinski definition) is 4. The number of nitrogens with zero attached hydrogens (tertiary/aromatic N) is 2. The van der Waals surface area contributed by atoms with Gasteiger partial charge in [0, 0.05) is 31.7 Å². The lowest BCUT2D eigenvalue weighted by molar-refractivity contribution is 0.265. The lowest BCUT2D eigenvalue weighted by atomic mass is 10.1. The molecule has 1 aliphatic rings. The molecule has 0 bridgehead atoms. The second-order valence-electron chi connectivity index (χ2n) is 7.17. The number of rotatable bonds is 7. The Kier molecular flexibility index (Phi) is 10.0. The van der Waals surface area contributed by atoms with Crippen molar-refractivity contribution in [2.75, 3.05) is 31.9 Å².